The Labute approximate surface area is 188 Å². The van der Waals surface area contributed by atoms with E-state index in [4.69, 9.17) is 4.74 Å². The Morgan fingerprint density at radius 3 is 2.83 bits per heavy atom. The SMILES string of the molecule is COc1cc(C=Nc2n[nH]c(Nc3cccc(CI)c3)c2C#N)cc(N(C)C)c1O. The van der Waals surface area contributed by atoms with Crippen LogP contribution in [0, 0.1) is 11.3 Å². The lowest BCUT2D eigenvalue weighted by molar-refractivity contribution is 0.374. The Kier molecular flexibility index (Phi) is 6.79. The summed E-state index contributed by atoms with van der Waals surface area (Å²) in [5, 5.41) is 30.1. The van der Waals surface area contributed by atoms with E-state index in [2.05, 4.69) is 49.2 Å². The fourth-order valence-corrected chi connectivity index (χ4v) is 3.29. The minimum atomic E-state index is 0.0531. The maximum Gasteiger partial charge on any atom is 0.193 e. The van der Waals surface area contributed by atoms with E-state index in [1.54, 1.807) is 23.2 Å². The molecule has 0 fully saturated rings. The van der Waals surface area contributed by atoms with Crippen LogP contribution in [0.3, 0.4) is 0 Å². The number of nitriles is 1. The van der Waals surface area contributed by atoms with Gasteiger partial charge < -0.3 is 20.1 Å². The monoisotopic (exact) mass is 516 g/mol. The first-order chi connectivity index (χ1) is 14.5. The lowest BCUT2D eigenvalue weighted by Crippen LogP contribution is -2.09. The number of aliphatic imine (C=N–C) groups is 1. The number of aromatic amines is 1. The molecule has 3 rings (SSSR count). The van der Waals surface area contributed by atoms with Crippen LogP contribution in [0.4, 0.5) is 23.0 Å². The topological polar surface area (TPSA) is 110 Å². The number of H-pyrrole nitrogens is 1. The molecular weight excluding hydrogens is 495 g/mol. The second-order valence-electron chi connectivity index (χ2n) is 6.61. The highest BCUT2D eigenvalue weighted by Gasteiger charge is 2.14. The van der Waals surface area contributed by atoms with Crippen molar-refractivity contribution < 1.29 is 9.84 Å². The summed E-state index contributed by atoms with van der Waals surface area (Å²) in [6, 6.07) is 13.5. The van der Waals surface area contributed by atoms with Crippen LogP contribution in [-0.4, -0.2) is 42.7 Å². The van der Waals surface area contributed by atoms with Crippen LogP contribution >= 0.6 is 22.6 Å². The molecule has 1 aromatic heterocycles. The quantitative estimate of drug-likeness (QED) is 0.243. The van der Waals surface area contributed by atoms with Gasteiger partial charge in [0.1, 0.15) is 17.5 Å². The maximum absolute atomic E-state index is 10.3. The average Bonchev–Trinajstić information content (AvgIpc) is 3.14. The molecule has 0 atom stereocenters. The molecule has 2 aromatic carbocycles. The zero-order valence-corrected chi connectivity index (χ0v) is 18.9. The van der Waals surface area contributed by atoms with Crippen LogP contribution in [0.5, 0.6) is 11.5 Å². The van der Waals surface area contributed by atoms with Gasteiger partial charge in [-0.15, -0.1) is 0 Å². The summed E-state index contributed by atoms with van der Waals surface area (Å²) in [7, 11) is 5.13. The molecule has 8 nitrogen and oxygen atoms in total. The minimum absolute atomic E-state index is 0.0531. The Morgan fingerprint density at radius 1 is 1.37 bits per heavy atom. The second-order valence-corrected chi connectivity index (χ2v) is 7.37. The number of phenols is 1. The van der Waals surface area contributed by atoms with Crippen molar-refractivity contribution in [2.24, 2.45) is 4.99 Å². The summed E-state index contributed by atoms with van der Waals surface area (Å²) in [6.07, 6.45) is 1.58. The molecule has 3 N–H and O–H groups in total. The number of ether oxygens (including phenoxy) is 1. The molecule has 154 valence electrons. The summed E-state index contributed by atoms with van der Waals surface area (Å²) >= 11 is 2.30. The van der Waals surface area contributed by atoms with Gasteiger partial charge in [-0.2, -0.15) is 10.4 Å². The van der Waals surface area contributed by atoms with Gasteiger partial charge in [0, 0.05) is 30.4 Å². The van der Waals surface area contributed by atoms with Crippen molar-refractivity contribution in [1.29, 1.82) is 5.26 Å². The van der Waals surface area contributed by atoms with Gasteiger partial charge in [-0.3, -0.25) is 5.10 Å². The van der Waals surface area contributed by atoms with Gasteiger partial charge >= 0.3 is 0 Å². The van der Waals surface area contributed by atoms with E-state index in [1.165, 1.54) is 12.7 Å². The Bertz CT molecular complexity index is 1120. The number of nitrogens with one attached hydrogen (secondary N) is 2. The van der Waals surface area contributed by atoms with Gasteiger partial charge in [0.05, 0.1) is 12.8 Å². The number of methoxy groups -OCH3 is 1. The fourth-order valence-electron chi connectivity index (χ4n) is 2.82. The number of hydrogen-bond donors (Lipinski definition) is 3. The van der Waals surface area contributed by atoms with E-state index in [0.717, 1.165) is 10.1 Å². The Morgan fingerprint density at radius 2 is 2.17 bits per heavy atom. The summed E-state index contributed by atoms with van der Waals surface area (Å²) in [6.45, 7) is 0. The zero-order chi connectivity index (χ0) is 21.7. The smallest absolute Gasteiger partial charge is 0.193 e. The summed E-state index contributed by atoms with van der Waals surface area (Å²) in [5.74, 6) is 1.14. The first-order valence-corrected chi connectivity index (χ1v) is 10.5. The van der Waals surface area contributed by atoms with E-state index in [-0.39, 0.29) is 11.6 Å². The highest BCUT2D eigenvalue weighted by molar-refractivity contribution is 14.1. The van der Waals surface area contributed by atoms with Gasteiger partial charge in [-0.25, -0.2) is 4.99 Å². The van der Waals surface area contributed by atoms with Crippen molar-refractivity contribution in [2.45, 2.75) is 4.43 Å². The number of aromatic nitrogens is 2. The average molecular weight is 516 g/mol. The standard InChI is InChI=1S/C21H21IN6O2/c1-28(2)17-8-14(9-18(30-3)19(17)29)12-24-20-16(11-23)21(27-26-20)25-15-6-4-5-13(7-15)10-22/h4-9,12,29H,10H2,1-3H3,(H2,25,26,27). The third-order valence-corrected chi connectivity index (χ3v) is 5.21. The summed E-state index contributed by atoms with van der Waals surface area (Å²) < 4.78 is 6.13. The van der Waals surface area contributed by atoms with Crippen molar-refractivity contribution >= 4 is 51.8 Å². The lowest BCUT2D eigenvalue weighted by Gasteiger charge is -2.17. The largest absolute Gasteiger partial charge is 0.503 e. The normalized spacial score (nSPS) is 10.8. The number of rotatable bonds is 7. The number of anilines is 3. The molecule has 9 heteroatoms. The number of alkyl halides is 1. The summed E-state index contributed by atoms with van der Waals surface area (Å²) in [4.78, 5) is 6.14. The molecular formula is C21H21IN6O2. The van der Waals surface area contributed by atoms with Crippen molar-refractivity contribution in [3.8, 4) is 17.6 Å². The van der Waals surface area contributed by atoms with Crippen LogP contribution in [0.2, 0.25) is 0 Å². The number of nitrogens with zero attached hydrogens (tertiary/aromatic N) is 4. The molecule has 30 heavy (non-hydrogen) atoms. The van der Waals surface area contributed by atoms with E-state index in [1.807, 2.05) is 38.4 Å². The molecule has 1 heterocycles. The number of phenolic OH excluding ortho intramolecular Hbond substituents is 1. The second kappa shape index (κ2) is 9.49. The minimum Gasteiger partial charge on any atom is -0.503 e. The van der Waals surface area contributed by atoms with Crippen LogP contribution in [0.25, 0.3) is 0 Å². The predicted octanol–water partition coefficient (Wildman–Crippen LogP) is 4.49. The molecule has 0 saturated carbocycles. The molecule has 0 amide bonds. The van der Waals surface area contributed by atoms with Crippen LogP contribution in [0.15, 0.2) is 41.4 Å². The highest BCUT2D eigenvalue weighted by atomic mass is 127. The van der Waals surface area contributed by atoms with Crippen LogP contribution in [0.1, 0.15) is 16.7 Å². The van der Waals surface area contributed by atoms with Crippen LogP contribution < -0.4 is 15.0 Å². The van der Waals surface area contributed by atoms with Gasteiger partial charge in [0.15, 0.2) is 17.3 Å². The first kappa shape index (κ1) is 21.4. The van der Waals surface area contributed by atoms with Gasteiger partial charge in [-0.1, -0.05) is 34.7 Å². The van der Waals surface area contributed by atoms with E-state index in [9.17, 15) is 10.4 Å². The van der Waals surface area contributed by atoms with Crippen molar-refractivity contribution in [3.05, 3.63) is 53.1 Å². The van der Waals surface area contributed by atoms with Crippen LogP contribution in [-0.2, 0) is 4.43 Å². The number of hydrogen-bond acceptors (Lipinski definition) is 7. The lowest BCUT2D eigenvalue weighted by atomic mass is 10.1. The Balaban J connectivity index is 1.90. The molecule has 0 aliphatic rings. The van der Waals surface area contributed by atoms with E-state index >= 15 is 0 Å². The molecule has 3 aromatic rings. The molecule has 0 bridgehead atoms. The molecule has 0 spiro atoms. The van der Waals surface area contributed by atoms with Crippen molar-refractivity contribution in [2.75, 3.05) is 31.4 Å². The van der Waals surface area contributed by atoms with Gasteiger partial charge in [0.2, 0.25) is 0 Å². The highest BCUT2D eigenvalue weighted by Crippen LogP contribution is 2.36. The molecule has 0 radical (unpaired) electrons. The van der Waals surface area contributed by atoms with Gasteiger partial charge in [0.25, 0.3) is 0 Å². The summed E-state index contributed by atoms with van der Waals surface area (Å²) in [5.41, 5.74) is 3.64. The predicted molar refractivity (Wildman–Crippen MR) is 127 cm³/mol. The van der Waals surface area contributed by atoms with Crippen molar-refractivity contribution in [3.63, 3.8) is 0 Å². The molecule has 0 aliphatic carbocycles. The fraction of sp³-hybridized carbons (Fsp3) is 0.190. The maximum atomic E-state index is 10.3. The number of benzene rings is 2. The third kappa shape index (κ3) is 4.65. The third-order valence-electron chi connectivity index (χ3n) is 4.32. The van der Waals surface area contributed by atoms with Crippen molar-refractivity contribution in [1.82, 2.24) is 10.2 Å². The number of aromatic hydroxyl groups is 1. The number of halogens is 1. The van der Waals surface area contributed by atoms with Gasteiger partial charge in [-0.05, 0) is 35.4 Å². The zero-order valence-electron chi connectivity index (χ0n) is 16.8. The molecule has 0 unspecified atom stereocenters. The van der Waals surface area contributed by atoms with E-state index in [0.29, 0.717) is 28.4 Å². The molecule has 0 aliphatic heterocycles. The van der Waals surface area contributed by atoms with E-state index < -0.39 is 0 Å². The Hall–Kier alpha value is -3.26. The molecule has 0 saturated heterocycles. The first-order valence-electron chi connectivity index (χ1n) is 8.99.